The number of aromatic nitrogens is 4. The summed E-state index contributed by atoms with van der Waals surface area (Å²) in [5.74, 6) is -11.5. The van der Waals surface area contributed by atoms with Crippen molar-refractivity contribution in [3.63, 3.8) is 0 Å². The first-order valence-electron chi connectivity index (χ1n) is 29.1. The lowest BCUT2D eigenvalue weighted by molar-refractivity contribution is -0.193. The normalized spacial score (nSPS) is 12.7. The molecule has 4 aromatic rings. The van der Waals surface area contributed by atoms with Crippen LogP contribution < -0.4 is 44.1 Å². The highest BCUT2D eigenvalue weighted by Gasteiger charge is 2.40. The zero-order valence-corrected chi connectivity index (χ0v) is 53.6. The van der Waals surface area contributed by atoms with E-state index >= 15 is 0 Å². The van der Waals surface area contributed by atoms with Crippen molar-refractivity contribution in [1.29, 1.82) is 0 Å². The van der Waals surface area contributed by atoms with Crippen LogP contribution in [0.25, 0.3) is 65.3 Å². The fourth-order valence-electron chi connectivity index (χ4n) is 9.99. The molecule has 2 aliphatic heterocycles. The number of benzene rings is 4. The van der Waals surface area contributed by atoms with E-state index in [4.69, 9.17) is 49.6 Å². The average Bonchev–Trinajstić information content (AvgIpc) is 0.714. The first kappa shape index (κ1) is 80.9. The third-order valence-electron chi connectivity index (χ3n) is 14.4. The molecule has 2 aliphatic carbocycles. The van der Waals surface area contributed by atoms with Gasteiger partial charge in [-0.1, -0.05) is 0 Å². The van der Waals surface area contributed by atoms with Crippen molar-refractivity contribution in [2.45, 2.75) is 89.4 Å². The summed E-state index contributed by atoms with van der Waals surface area (Å²) in [6.07, 6.45) is -17.1. The summed E-state index contributed by atoms with van der Waals surface area (Å²) in [5, 5.41) is 54.7. The van der Waals surface area contributed by atoms with Crippen molar-refractivity contribution in [2.75, 3.05) is 95.6 Å². The molecule has 0 atom stereocenters. The highest BCUT2D eigenvalue weighted by molar-refractivity contribution is 6.16. The molecule has 6 N–H and O–H groups in total. The number of halogens is 12. The zero-order chi connectivity index (χ0) is 74.6. The van der Waals surface area contributed by atoms with E-state index in [-0.39, 0.29) is 94.4 Å². The van der Waals surface area contributed by atoms with E-state index in [0.29, 0.717) is 97.4 Å². The number of pyridine rings is 4. The van der Waals surface area contributed by atoms with Gasteiger partial charge in [-0.2, -0.15) is 52.7 Å². The highest BCUT2D eigenvalue weighted by atomic mass is 19.4. The number of hydrogen-bond donors (Lipinski definition) is 6. The molecule has 2 aromatic carbocycles. The summed E-state index contributed by atoms with van der Waals surface area (Å²) in [6.45, 7) is 4.00. The fourth-order valence-corrected chi connectivity index (χ4v) is 9.99. The Morgan fingerprint density at radius 1 is 0.367 bits per heavy atom. The lowest BCUT2D eigenvalue weighted by Crippen LogP contribution is -2.37. The van der Waals surface area contributed by atoms with E-state index in [1.165, 1.54) is 18.3 Å². The minimum absolute atomic E-state index is 0.204. The molecule has 0 radical (unpaired) electrons. The maximum absolute atomic E-state index is 14.5. The Morgan fingerprint density at radius 2 is 0.602 bits per heavy atom. The van der Waals surface area contributed by atoms with E-state index in [1.807, 2.05) is 76.0 Å². The average molecular weight is 1410 g/mol. The van der Waals surface area contributed by atoms with Crippen molar-refractivity contribution in [3.05, 3.63) is 109 Å². The molecule has 98 heavy (non-hydrogen) atoms. The van der Waals surface area contributed by atoms with Gasteiger partial charge in [-0.3, -0.25) is 57.0 Å². The predicted molar refractivity (Wildman–Crippen MR) is 331 cm³/mol. The van der Waals surface area contributed by atoms with Crippen molar-refractivity contribution >= 4 is 67.0 Å². The van der Waals surface area contributed by atoms with E-state index in [9.17, 15) is 91.7 Å². The van der Waals surface area contributed by atoms with Crippen LogP contribution in [0.4, 0.5) is 52.7 Å². The third-order valence-corrected chi connectivity index (χ3v) is 14.4. The molecule has 0 saturated heterocycles. The van der Waals surface area contributed by atoms with Crippen LogP contribution in [0.2, 0.25) is 0 Å². The molecule has 0 amide bonds. The van der Waals surface area contributed by atoms with Gasteiger partial charge in [-0.05, 0) is 157 Å². The van der Waals surface area contributed by atoms with Crippen LogP contribution in [0.5, 0.6) is 11.8 Å². The van der Waals surface area contributed by atoms with Crippen LogP contribution in [0.15, 0.2) is 75.2 Å². The number of aliphatic carboxylic acids is 4. The summed E-state index contributed by atoms with van der Waals surface area (Å²) < 4.78 is 132. The molecule has 8 rings (SSSR count). The molecule has 4 aliphatic rings. The third kappa shape index (κ3) is 20.0. The van der Waals surface area contributed by atoms with E-state index in [2.05, 4.69) is 0 Å². The maximum Gasteiger partial charge on any atom is 0.490 e. The molecule has 38 heteroatoms. The Labute approximate surface area is 544 Å². The molecule has 0 unspecified atom stereocenters. The molecule has 0 spiro atoms. The number of alkyl halides is 12. The number of carbonyl (C=O) groups is 4. The van der Waals surface area contributed by atoms with Gasteiger partial charge in [0.25, 0.3) is 33.4 Å². The second kappa shape index (κ2) is 33.1. The number of rotatable bonds is 21. The van der Waals surface area contributed by atoms with Crippen molar-refractivity contribution < 1.29 is 103 Å². The molecule has 2 aromatic heterocycles. The standard InChI is InChI=1S/C52H64N10O8.4C2HF3O2/c1-55(2)21-11-25-59-45(63)31-15-17-33-41-39(31)35(49(59)67)29-37(43(41)51(69)61(47(33)65)27-13-23-57(5)6)53-19-9-10-20-54-38-30-36-40-32(46(64)60(50(36)68)26-12-22-56(3)4)16-18-34-42(40)44(38)52(70)62(48(34)66)28-14-24-58(7)8;4*3-2(4,5)1(6)7/h15-18,29-30,65-66H,9-14,19-28H2,1-8H3;4*(H,6,7). The summed E-state index contributed by atoms with van der Waals surface area (Å²) in [6, 6.07) is 9.73. The Balaban J connectivity index is 0.000000609. The minimum atomic E-state index is -5.08. The van der Waals surface area contributed by atoms with Crippen LogP contribution in [0.1, 0.15) is 38.5 Å². The maximum atomic E-state index is 14.5. The van der Waals surface area contributed by atoms with Gasteiger partial charge in [0.15, 0.2) is 0 Å². The van der Waals surface area contributed by atoms with Gasteiger partial charge >= 0.3 is 48.6 Å². The summed E-state index contributed by atoms with van der Waals surface area (Å²) in [4.78, 5) is 139. The Kier molecular flexibility index (Phi) is 27.3. The van der Waals surface area contributed by atoms with Crippen LogP contribution in [-0.2, 0) is 45.4 Å². The number of carboxylic acids is 4. The van der Waals surface area contributed by atoms with Crippen molar-refractivity contribution in [1.82, 2.24) is 37.9 Å². The summed E-state index contributed by atoms with van der Waals surface area (Å²) in [7, 11) is 15.4. The Morgan fingerprint density at radius 3 is 0.837 bits per heavy atom. The van der Waals surface area contributed by atoms with Gasteiger partial charge in [0.1, 0.15) is 0 Å². The molecule has 26 nitrogen and oxygen atoms in total. The Hall–Kier alpha value is -9.56. The number of unbranched alkanes of at least 4 members (excludes halogenated alkanes) is 1. The lowest BCUT2D eigenvalue weighted by atomic mass is 9.90. The van der Waals surface area contributed by atoms with Crippen molar-refractivity contribution in [3.8, 4) is 34.0 Å². The molecular weight excluding hydrogens is 1340 g/mol. The molecule has 4 heterocycles. The minimum Gasteiger partial charge on any atom is -0.494 e. The smallest absolute Gasteiger partial charge is 0.490 e. The quantitative estimate of drug-likeness (QED) is 0.0324. The largest absolute Gasteiger partial charge is 0.494 e. The number of hydrogen-bond acceptors (Lipinski definition) is 18. The van der Waals surface area contributed by atoms with E-state index in [0.717, 1.165) is 0 Å². The lowest BCUT2D eigenvalue weighted by Gasteiger charge is -2.20. The zero-order valence-electron chi connectivity index (χ0n) is 53.6. The number of carboxylic acid groups (broad SMARTS) is 4. The molecule has 0 fully saturated rings. The molecule has 0 saturated carbocycles. The van der Waals surface area contributed by atoms with Gasteiger partial charge in [-0.15, -0.1) is 0 Å². The SMILES string of the molecule is CN(C)CCCn1c(O)c2ccc3c4c2c(c(=NCCCCN=c2cc5c(=O)n(CCCN(C)C)c(=O)c6ccc7c(O)n(CCCN(C)C)c(=O)c2c7c6-5)cc-4c(=O)n(CCCN(C)C)c3=O)c1=O.O=C(O)C(F)(F)F.O=C(O)C(F)(F)F.O=C(O)C(F)(F)F.O=C(O)C(F)(F)F. The number of nitrogens with zero attached hydrogens (tertiary/aromatic N) is 10. The second-order valence-electron chi connectivity index (χ2n) is 22.9. The van der Waals surface area contributed by atoms with Crippen LogP contribution in [0, 0.1) is 0 Å². The van der Waals surface area contributed by atoms with Gasteiger partial charge in [-0.25, -0.2) is 19.2 Å². The van der Waals surface area contributed by atoms with Crippen LogP contribution in [0.3, 0.4) is 0 Å². The summed E-state index contributed by atoms with van der Waals surface area (Å²) >= 11 is 0. The van der Waals surface area contributed by atoms with Gasteiger partial charge in [0.2, 0.25) is 11.8 Å². The van der Waals surface area contributed by atoms with Gasteiger partial charge in [0.05, 0.1) is 32.6 Å². The predicted octanol–water partition coefficient (Wildman–Crippen LogP) is 4.66. The monoisotopic (exact) mass is 1410 g/mol. The topological polar surface area (TPSA) is 349 Å². The molecule has 0 bridgehead atoms. The summed E-state index contributed by atoms with van der Waals surface area (Å²) in [5.41, 5.74) is -1.66. The Bertz CT molecular complexity index is 4250. The second-order valence-corrected chi connectivity index (χ2v) is 22.9. The van der Waals surface area contributed by atoms with Gasteiger partial charge < -0.3 is 50.2 Å². The van der Waals surface area contributed by atoms with Crippen molar-refractivity contribution in [2.24, 2.45) is 9.98 Å². The number of aromatic hydroxyl groups is 2. The fraction of sp³-hybridized carbons (Fsp3) is 0.467. The van der Waals surface area contributed by atoms with E-state index in [1.54, 1.807) is 36.4 Å². The van der Waals surface area contributed by atoms with E-state index < -0.39 is 81.9 Å². The first-order valence-corrected chi connectivity index (χ1v) is 29.1. The molecule has 538 valence electrons. The van der Waals surface area contributed by atoms with Crippen LogP contribution >= 0.6 is 0 Å². The van der Waals surface area contributed by atoms with Crippen LogP contribution in [-0.4, -0.2) is 213 Å². The molecular formula is C60H68F12N10O16. The highest BCUT2D eigenvalue weighted by Crippen LogP contribution is 2.39. The first-order chi connectivity index (χ1) is 45.2. The van der Waals surface area contributed by atoms with Gasteiger partial charge in [0, 0.05) is 82.7 Å².